The molecule has 0 spiro atoms. The van der Waals surface area contributed by atoms with Gasteiger partial charge in [-0.1, -0.05) is 56.1 Å². The number of fused-ring (bicyclic) bond motifs is 1. The standard InChI is InChI=1S/C27H32Cl2N4O2/c1-27(2,3)18-5-4-6-20(13-18)33-24-15-22(29)21(28)14-23(24)31-26(33)32-10-7-17(8-11-32)25(34)30-19-9-12-35-16-19/h4-6,13-15,17,19H,7-12,16H2,1-3H3,(H,30,34). The predicted molar refractivity (Wildman–Crippen MR) is 142 cm³/mol. The van der Waals surface area contributed by atoms with Gasteiger partial charge in [0.25, 0.3) is 0 Å². The van der Waals surface area contributed by atoms with E-state index in [1.165, 1.54) is 5.56 Å². The second-order valence-electron chi connectivity index (χ2n) is 10.6. The summed E-state index contributed by atoms with van der Waals surface area (Å²) >= 11 is 12.8. The maximum atomic E-state index is 12.8. The molecule has 2 fully saturated rings. The number of hydrogen-bond acceptors (Lipinski definition) is 4. The van der Waals surface area contributed by atoms with Crippen molar-refractivity contribution in [2.24, 2.45) is 5.92 Å². The van der Waals surface area contributed by atoms with Gasteiger partial charge < -0.3 is 15.0 Å². The zero-order chi connectivity index (χ0) is 24.7. The third-order valence-electron chi connectivity index (χ3n) is 7.07. The number of benzene rings is 2. The molecule has 8 heteroatoms. The Morgan fingerprint density at radius 1 is 1.09 bits per heavy atom. The first-order chi connectivity index (χ1) is 16.7. The minimum absolute atomic E-state index is 0.0118. The number of halogens is 2. The zero-order valence-electron chi connectivity index (χ0n) is 20.5. The molecule has 1 amide bonds. The highest BCUT2D eigenvalue weighted by atomic mass is 35.5. The molecular formula is C27H32Cl2N4O2. The molecule has 2 aromatic carbocycles. The molecule has 3 aromatic rings. The van der Waals surface area contributed by atoms with Crippen LogP contribution in [-0.4, -0.2) is 47.8 Å². The molecule has 3 heterocycles. The average molecular weight is 515 g/mol. The Hall–Kier alpha value is -2.28. The van der Waals surface area contributed by atoms with E-state index in [1.807, 2.05) is 12.1 Å². The van der Waals surface area contributed by atoms with Gasteiger partial charge in [-0.2, -0.15) is 0 Å². The first-order valence-corrected chi connectivity index (χ1v) is 13.1. The fourth-order valence-electron chi connectivity index (χ4n) is 4.95. The van der Waals surface area contributed by atoms with Crippen LogP contribution in [0.1, 0.15) is 45.6 Å². The van der Waals surface area contributed by atoms with Crippen LogP contribution in [0, 0.1) is 5.92 Å². The first-order valence-electron chi connectivity index (χ1n) is 12.3. The van der Waals surface area contributed by atoms with E-state index in [2.05, 4.69) is 59.8 Å². The van der Waals surface area contributed by atoms with Crippen molar-refractivity contribution in [3.63, 3.8) is 0 Å². The quantitative estimate of drug-likeness (QED) is 0.481. The summed E-state index contributed by atoms with van der Waals surface area (Å²) in [5.74, 6) is 1.01. The Bertz CT molecular complexity index is 1240. The summed E-state index contributed by atoms with van der Waals surface area (Å²) in [7, 11) is 0. The molecule has 1 atom stereocenters. The van der Waals surface area contributed by atoms with Gasteiger partial charge in [-0.05, 0) is 54.5 Å². The van der Waals surface area contributed by atoms with Crippen molar-refractivity contribution in [3.8, 4) is 5.69 Å². The summed E-state index contributed by atoms with van der Waals surface area (Å²) in [5.41, 5.74) is 4.02. The summed E-state index contributed by atoms with van der Waals surface area (Å²) < 4.78 is 7.57. The van der Waals surface area contributed by atoms with Crippen molar-refractivity contribution in [1.29, 1.82) is 0 Å². The summed E-state index contributed by atoms with van der Waals surface area (Å²) in [6, 6.07) is 12.4. The smallest absolute Gasteiger partial charge is 0.223 e. The monoisotopic (exact) mass is 514 g/mol. The van der Waals surface area contributed by atoms with E-state index in [9.17, 15) is 4.79 Å². The van der Waals surface area contributed by atoms with Crippen LogP contribution in [0.5, 0.6) is 0 Å². The third kappa shape index (κ3) is 5.02. The number of nitrogens with zero attached hydrogens (tertiary/aromatic N) is 3. The summed E-state index contributed by atoms with van der Waals surface area (Å²) in [5, 5.41) is 4.16. The molecular weight excluding hydrogens is 483 g/mol. The van der Waals surface area contributed by atoms with Gasteiger partial charge in [0.05, 0.1) is 33.7 Å². The second kappa shape index (κ2) is 9.64. The van der Waals surface area contributed by atoms with Crippen molar-refractivity contribution in [2.75, 3.05) is 31.2 Å². The van der Waals surface area contributed by atoms with Crippen molar-refractivity contribution < 1.29 is 9.53 Å². The molecule has 0 radical (unpaired) electrons. The van der Waals surface area contributed by atoms with Crippen molar-refractivity contribution >= 4 is 46.1 Å². The van der Waals surface area contributed by atoms with E-state index < -0.39 is 0 Å². The maximum Gasteiger partial charge on any atom is 0.223 e. The van der Waals surface area contributed by atoms with E-state index in [1.54, 1.807) is 0 Å². The van der Waals surface area contributed by atoms with Crippen molar-refractivity contribution in [2.45, 2.75) is 51.5 Å². The Morgan fingerprint density at radius 2 is 1.83 bits per heavy atom. The molecule has 1 unspecified atom stereocenters. The van der Waals surface area contributed by atoms with Crippen LogP contribution in [0.15, 0.2) is 36.4 Å². The lowest BCUT2D eigenvalue weighted by molar-refractivity contribution is -0.126. The van der Waals surface area contributed by atoms with Gasteiger partial charge in [0.1, 0.15) is 0 Å². The molecule has 0 aliphatic carbocycles. The Balaban J connectivity index is 1.46. The molecule has 186 valence electrons. The van der Waals surface area contributed by atoms with Gasteiger partial charge in [-0.3, -0.25) is 9.36 Å². The number of anilines is 1. The molecule has 5 rings (SSSR count). The predicted octanol–water partition coefficient (Wildman–Crippen LogP) is 5.75. The third-order valence-corrected chi connectivity index (χ3v) is 7.80. The van der Waals surface area contributed by atoms with E-state index in [-0.39, 0.29) is 23.3 Å². The summed E-state index contributed by atoms with van der Waals surface area (Å²) in [6.07, 6.45) is 2.46. The van der Waals surface area contributed by atoms with Crippen LogP contribution in [0.25, 0.3) is 16.7 Å². The molecule has 35 heavy (non-hydrogen) atoms. The first kappa shape index (κ1) is 24.4. The van der Waals surface area contributed by atoms with Crippen molar-refractivity contribution in [3.05, 3.63) is 52.0 Å². The van der Waals surface area contributed by atoms with Crippen LogP contribution in [0.2, 0.25) is 10.0 Å². The normalized spacial score (nSPS) is 19.5. The molecule has 0 bridgehead atoms. The second-order valence-corrected chi connectivity index (χ2v) is 11.4. The highest BCUT2D eigenvalue weighted by molar-refractivity contribution is 6.42. The Morgan fingerprint density at radius 3 is 2.51 bits per heavy atom. The van der Waals surface area contributed by atoms with Crippen LogP contribution in [0.3, 0.4) is 0 Å². The number of carbonyl (C=O) groups is 1. The molecule has 2 aliphatic heterocycles. The molecule has 1 aromatic heterocycles. The lowest BCUT2D eigenvalue weighted by Crippen LogP contribution is -2.44. The van der Waals surface area contributed by atoms with E-state index in [4.69, 9.17) is 32.9 Å². The number of carbonyl (C=O) groups excluding carboxylic acids is 1. The fraction of sp³-hybridized carbons (Fsp3) is 0.481. The highest BCUT2D eigenvalue weighted by Gasteiger charge is 2.30. The number of amides is 1. The van der Waals surface area contributed by atoms with Gasteiger partial charge in [0, 0.05) is 31.3 Å². The molecule has 0 saturated carbocycles. The van der Waals surface area contributed by atoms with E-state index in [0.29, 0.717) is 16.7 Å². The summed E-state index contributed by atoms with van der Waals surface area (Å²) in [4.78, 5) is 20.1. The van der Waals surface area contributed by atoms with Gasteiger partial charge in [-0.25, -0.2) is 4.98 Å². The van der Waals surface area contributed by atoms with Gasteiger partial charge in [-0.15, -0.1) is 0 Å². The molecule has 1 N–H and O–H groups in total. The maximum absolute atomic E-state index is 12.8. The molecule has 6 nitrogen and oxygen atoms in total. The number of hydrogen-bond donors (Lipinski definition) is 1. The minimum atomic E-state index is 0.0118. The zero-order valence-corrected chi connectivity index (χ0v) is 22.0. The molecule has 2 saturated heterocycles. The topological polar surface area (TPSA) is 59.4 Å². The largest absolute Gasteiger partial charge is 0.379 e. The number of imidazole rings is 1. The number of rotatable bonds is 4. The number of aromatic nitrogens is 2. The number of nitrogens with one attached hydrogen (secondary N) is 1. The van der Waals surface area contributed by atoms with Crippen LogP contribution in [0.4, 0.5) is 5.95 Å². The van der Waals surface area contributed by atoms with Gasteiger partial charge >= 0.3 is 0 Å². The van der Waals surface area contributed by atoms with Crippen LogP contribution in [-0.2, 0) is 14.9 Å². The van der Waals surface area contributed by atoms with Crippen molar-refractivity contribution in [1.82, 2.24) is 14.9 Å². The molecule has 2 aliphatic rings. The van der Waals surface area contributed by atoms with Gasteiger partial charge in [0.15, 0.2) is 0 Å². The fourth-order valence-corrected chi connectivity index (χ4v) is 5.26. The number of ether oxygens (including phenoxy) is 1. The van der Waals surface area contributed by atoms with Crippen LogP contribution >= 0.6 is 23.2 Å². The summed E-state index contributed by atoms with van der Waals surface area (Å²) in [6.45, 7) is 9.49. The SMILES string of the molecule is CC(C)(C)c1cccc(-n2c(N3CCC(C(=O)NC4CCOC4)CC3)nc3cc(Cl)c(Cl)cc32)c1. The number of piperidine rings is 1. The van der Waals surface area contributed by atoms with E-state index in [0.717, 1.165) is 61.6 Å². The highest BCUT2D eigenvalue weighted by Crippen LogP contribution is 2.35. The lowest BCUT2D eigenvalue weighted by Gasteiger charge is -2.33. The Labute approximate surface area is 216 Å². The van der Waals surface area contributed by atoms with Gasteiger partial charge in [0.2, 0.25) is 11.9 Å². The van der Waals surface area contributed by atoms with E-state index >= 15 is 0 Å². The van der Waals surface area contributed by atoms with Crippen LogP contribution < -0.4 is 10.2 Å². The Kier molecular flexibility index (Phi) is 6.73. The average Bonchev–Trinajstić information content (AvgIpc) is 3.47. The lowest BCUT2D eigenvalue weighted by atomic mass is 9.87. The minimum Gasteiger partial charge on any atom is -0.379 e.